The molecule has 92 valence electrons. The Hall–Kier alpha value is -1.97. The number of hydrogen-bond donors (Lipinski definition) is 1. The van der Waals surface area contributed by atoms with Gasteiger partial charge in [0.15, 0.2) is 11.5 Å². The van der Waals surface area contributed by atoms with Gasteiger partial charge < -0.3 is 14.6 Å². The molecular formula is C13H16O4. The smallest absolute Gasteiger partial charge is 0.331 e. The molecule has 4 nitrogen and oxygen atoms in total. The summed E-state index contributed by atoms with van der Waals surface area (Å²) in [6.45, 7) is 4.19. The molecule has 0 amide bonds. The van der Waals surface area contributed by atoms with Crippen molar-refractivity contribution >= 4 is 5.97 Å². The van der Waals surface area contributed by atoms with Crippen LogP contribution >= 0.6 is 0 Å². The Morgan fingerprint density at radius 2 is 1.88 bits per heavy atom. The third-order valence-electron chi connectivity index (χ3n) is 2.11. The number of carboxylic acid groups (broad SMARTS) is 1. The lowest BCUT2D eigenvalue weighted by Crippen LogP contribution is -2.02. The molecule has 0 saturated carbocycles. The second-order valence-electron chi connectivity index (χ2n) is 3.38. The molecule has 0 aliphatic heterocycles. The monoisotopic (exact) mass is 236 g/mol. The molecule has 0 aromatic heterocycles. The molecule has 0 aliphatic carbocycles. The zero-order chi connectivity index (χ0) is 12.7. The van der Waals surface area contributed by atoms with Gasteiger partial charge in [0.2, 0.25) is 0 Å². The van der Waals surface area contributed by atoms with E-state index >= 15 is 0 Å². The number of carboxylic acids is 1. The zero-order valence-electron chi connectivity index (χ0n) is 9.97. The van der Waals surface area contributed by atoms with E-state index in [4.69, 9.17) is 14.6 Å². The van der Waals surface area contributed by atoms with Crippen LogP contribution in [-0.2, 0) is 4.79 Å². The summed E-state index contributed by atoms with van der Waals surface area (Å²) in [6, 6.07) is 7.29. The highest BCUT2D eigenvalue weighted by Crippen LogP contribution is 2.26. The van der Waals surface area contributed by atoms with Crippen molar-refractivity contribution in [2.24, 2.45) is 0 Å². The zero-order valence-corrected chi connectivity index (χ0v) is 9.97. The second kappa shape index (κ2) is 6.58. The van der Waals surface area contributed by atoms with Crippen molar-refractivity contribution in [1.29, 1.82) is 0 Å². The number of hydrogen-bond acceptors (Lipinski definition) is 3. The minimum Gasteiger partial charge on any atom is -0.490 e. The highest BCUT2D eigenvalue weighted by molar-refractivity contribution is 5.85. The topological polar surface area (TPSA) is 55.8 Å². The fourth-order valence-electron chi connectivity index (χ4n) is 1.19. The summed E-state index contributed by atoms with van der Waals surface area (Å²) < 4.78 is 10.8. The Morgan fingerprint density at radius 3 is 2.41 bits per heavy atom. The lowest BCUT2D eigenvalue weighted by atomic mass is 10.3. The Labute approximate surface area is 100 Å². The maximum atomic E-state index is 10.6. The minimum atomic E-state index is -0.938. The van der Waals surface area contributed by atoms with E-state index in [1.54, 1.807) is 6.07 Å². The number of aliphatic carboxylic acids is 1. The molecule has 0 bridgehead atoms. The fourth-order valence-corrected chi connectivity index (χ4v) is 1.19. The Kier molecular flexibility index (Phi) is 5.07. The van der Waals surface area contributed by atoms with Crippen LogP contribution in [0.4, 0.5) is 0 Å². The van der Waals surface area contributed by atoms with Crippen molar-refractivity contribution < 1.29 is 19.4 Å². The maximum absolute atomic E-state index is 10.6. The van der Waals surface area contributed by atoms with E-state index in [-0.39, 0.29) is 12.2 Å². The summed E-state index contributed by atoms with van der Waals surface area (Å²) in [4.78, 5) is 10.6. The quantitative estimate of drug-likeness (QED) is 0.771. The SMILES string of the molecule is CCOc1ccccc1OCC=C(C)C(=O)O. The van der Waals surface area contributed by atoms with Gasteiger partial charge >= 0.3 is 5.97 Å². The van der Waals surface area contributed by atoms with Crippen molar-refractivity contribution in [3.63, 3.8) is 0 Å². The first kappa shape index (κ1) is 13.1. The molecule has 0 atom stereocenters. The van der Waals surface area contributed by atoms with Crippen molar-refractivity contribution in [3.8, 4) is 11.5 Å². The van der Waals surface area contributed by atoms with Gasteiger partial charge in [-0.1, -0.05) is 12.1 Å². The standard InChI is InChI=1S/C13H16O4/c1-3-16-11-6-4-5-7-12(11)17-9-8-10(2)13(14)15/h4-8H,3,9H2,1-2H3,(H,14,15). The highest BCUT2D eigenvalue weighted by atomic mass is 16.5. The molecule has 4 heteroatoms. The minimum absolute atomic E-state index is 0.211. The molecular weight excluding hydrogens is 220 g/mol. The molecule has 0 radical (unpaired) electrons. The van der Waals surface area contributed by atoms with Gasteiger partial charge in [-0.05, 0) is 32.1 Å². The number of carbonyl (C=O) groups is 1. The van der Waals surface area contributed by atoms with Crippen LogP contribution in [0, 0.1) is 0 Å². The van der Waals surface area contributed by atoms with E-state index < -0.39 is 5.97 Å². The summed E-state index contributed by atoms with van der Waals surface area (Å²) in [6.07, 6.45) is 1.52. The van der Waals surface area contributed by atoms with Gasteiger partial charge in [0, 0.05) is 5.57 Å². The summed E-state index contributed by atoms with van der Waals surface area (Å²) in [7, 11) is 0. The van der Waals surface area contributed by atoms with Gasteiger partial charge in [-0.15, -0.1) is 0 Å². The fraction of sp³-hybridized carbons (Fsp3) is 0.308. The predicted octanol–water partition coefficient (Wildman–Crippen LogP) is 2.50. The molecule has 0 saturated heterocycles. The largest absolute Gasteiger partial charge is 0.490 e. The highest BCUT2D eigenvalue weighted by Gasteiger charge is 2.03. The van der Waals surface area contributed by atoms with Gasteiger partial charge in [0.1, 0.15) is 6.61 Å². The van der Waals surface area contributed by atoms with Crippen LogP contribution in [0.15, 0.2) is 35.9 Å². The van der Waals surface area contributed by atoms with Crippen LogP contribution < -0.4 is 9.47 Å². The third kappa shape index (κ3) is 4.18. The molecule has 0 heterocycles. The predicted molar refractivity (Wildman–Crippen MR) is 64.5 cm³/mol. The summed E-state index contributed by atoms with van der Waals surface area (Å²) in [5.74, 6) is 0.340. The molecule has 0 fully saturated rings. The van der Waals surface area contributed by atoms with Crippen molar-refractivity contribution in [3.05, 3.63) is 35.9 Å². The van der Waals surface area contributed by atoms with Crippen LogP contribution in [0.3, 0.4) is 0 Å². The molecule has 0 spiro atoms. The van der Waals surface area contributed by atoms with Crippen LogP contribution in [0.2, 0.25) is 0 Å². The summed E-state index contributed by atoms with van der Waals surface area (Å²) in [5, 5.41) is 8.67. The number of benzene rings is 1. The van der Waals surface area contributed by atoms with Gasteiger partial charge in [0.05, 0.1) is 6.61 Å². The van der Waals surface area contributed by atoms with Crippen molar-refractivity contribution in [1.82, 2.24) is 0 Å². The first-order valence-corrected chi connectivity index (χ1v) is 5.39. The van der Waals surface area contributed by atoms with Crippen LogP contribution in [0.1, 0.15) is 13.8 Å². The maximum Gasteiger partial charge on any atom is 0.331 e. The van der Waals surface area contributed by atoms with E-state index in [1.165, 1.54) is 13.0 Å². The van der Waals surface area contributed by atoms with E-state index in [1.807, 2.05) is 25.1 Å². The van der Waals surface area contributed by atoms with Crippen LogP contribution in [-0.4, -0.2) is 24.3 Å². The second-order valence-corrected chi connectivity index (χ2v) is 3.38. The summed E-state index contributed by atoms with van der Waals surface area (Å²) >= 11 is 0. The van der Waals surface area contributed by atoms with Crippen LogP contribution in [0.25, 0.3) is 0 Å². The molecule has 0 unspecified atom stereocenters. The third-order valence-corrected chi connectivity index (χ3v) is 2.11. The average molecular weight is 236 g/mol. The molecule has 1 rings (SSSR count). The normalized spacial score (nSPS) is 11.1. The number of ether oxygens (including phenoxy) is 2. The van der Waals surface area contributed by atoms with Gasteiger partial charge in [-0.3, -0.25) is 0 Å². The average Bonchev–Trinajstić information content (AvgIpc) is 2.31. The van der Waals surface area contributed by atoms with Gasteiger partial charge in [-0.2, -0.15) is 0 Å². The summed E-state index contributed by atoms with van der Waals surface area (Å²) in [5.41, 5.74) is 0.263. The van der Waals surface area contributed by atoms with Gasteiger partial charge in [0.25, 0.3) is 0 Å². The van der Waals surface area contributed by atoms with Gasteiger partial charge in [-0.25, -0.2) is 4.79 Å². The van der Waals surface area contributed by atoms with Crippen molar-refractivity contribution in [2.45, 2.75) is 13.8 Å². The lowest BCUT2D eigenvalue weighted by molar-refractivity contribution is -0.132. The van der Waals surface area contributed by atoms with Crippen molar-refractivity contribution in [2.75, 3.05) is 13.2 Å². The molecule has 1 N–H and O–H groups in total. The lowest BCUT2D eigenvalue weighted by Gasteiger charge is -2.10. The molecule has 1 aromatic carbocycles. The van der Waals surface area contributed by atoms with E-state index in [9.17, 15) is 4.79 Å². The Morgan fingerprint density at radius 1 is 1.29 bits per heavy atom. The Balaban J connectivity index is 2.63. The molecule has 17 heavy (non-hydrogen) atoms. The molecule has 0 aliphatic rings. The van der Waals surface area contributed by atoms with E-state index in [2.05, 4.69) is 0 Å². The van der Waals surface area contributed by atoms with E-state index in [0.29, 0.717) is 18.1 Å². The first-order valence-electron chi connectivity index (χ1n) is 5.39. The number of para-hydroxylation sites is 2. The first-order chi connectivity index (χ1) is 8.15. The molecule has 1 aromatic rings. The number of rotatable bonds is 6. The van der Waals surface area contributed by atoms with E-state index in [0.717, 1.165) is 0 Å². The Bertz CT molecular complexity index is 410. The van der Waals surface area contributed by atoms with Crippen LogP contribution in [0.5, 0.6) is 11.5 Å².